The maximum atomic E-state index is 10.7. The predicted molar refractivity (Wildman–Crippen MR) is 170 cm³/mol. The molecule has 0 aromatic rings. The van der Waals surface area contributed by atoms with Crippen LogP contribution in [0.25, 0.3) is 0 Å². The molecule has 0 unspecified atom stereocenters. The zero-order chi connectivity index (χ0) is 39.4. The van der Waals surface area contributed by atoms with Crippen LogP contribution in [0.1, 0.15) is 0 Å². The van der Waals surface area contributed by atoms with E-state index in [4.69, 9.17) is 18.9 Å². The summed E-state index contributed by atoms with van der Waals surface area (Å²) < 4.78 is 22.3. The Kier molecular flexibility index (Phi) is 16.4. The van der Waals surface area contributed by atoms with Crippen molar-refractivity contribution < 1.29 is 101 Å². The summed E-state index contributed by atoms with van der Waals surface area (Å²) in [5, 5.41) is 176. The van der Waals surface area contributed by atoms with E-state index in [1.165, 1.54) is 0 Å². The van der Waals surface area contributed by atoms with Gasteiger partial charge in [0.1, 0.15) is 123 Å². The van der Waals surface area contributed by atoms with Crippen LogP contribution in [0.4, 0.5) is 0 Å². The van der Waals surface area contributed by atoms with Gasteiger partial charge in [-0.15, -0.1) is 0 Å². The highest BCUT2D eigenvalue weighted by molar-refractivity contribution is 5.00. The highest BCUT2D eigenvalue weighted by atomic mass is 16.6. The van der Waals surface area contributed by atoms with Crippen LogP contribution in [0.2, 0.25) is 0 Å². The molecule has 312 valence electrons. The van der Waals surface area contributed by atoms with Gasteiger partial charge < -0.3 is 101 Å². The molecule has 0 bridgehead atoms. The Morgan fingerprint density at radius 3 is 0.660 bits per heavy atom. The second-order valence-corrected chi connectivity index (χ2v) is 14.0. The minimum absolute atomic E-state index is 0.366. The number of nitrogens with one attached hydrogen (secondary N) is 4. The standard InChI is InChI=1S/C29H56N4O20/c34-1-9-13(38)17(42)21(46)25(50-9)30-5-29(6-31-26-22(47)18(43)14(39)10(2-35)51-26,7-32-27-23(48)19(44)15(40)11(3-36)52-27)8-33-28-24(49)20(45)16(41)12(4-37)53-28/h9-28,30-49H,1-8H2/t9-,10-,11-,12-,13-,14-,15-,16-,17+,18+,19+,20+,21+,22+,23+,24+,25+,26+,27+,28+/m1/s1. The highest BCUT2D eigenvalue weighted by Gasteiger charge is 2.49. The molecule has 20 atom stereocenters. The molecular formula is C29H56N4O20. The largest absolute Gasteiger partial charge is 0.394 e. The Bertz CT molecular complexity index is 935. The van der Waals surface area contributed by atoms with Crippen LogP contribution in [-0.4, -0.2) is 257 Å². The van der Waals surface area contributed by atoms with Gasteiger partial charge in [0.25, 0.3) is 0 Å². The summed E-state index contributed by atoms with van der Waals surface area (Å²) in [6.45, 7) is -4.50. The molecular weight excluding hydrogens is 724 g/mol. The lowest BCUT2D eigenvalue weighted by molar-refractivity contribution is -0.244. The monoisotopic (exact) mass is 780 g/mol. The minimum atomic E-state index is -1.79. The fourth-order valence-corrected chi connectivity index (χ4v) is 6.72. The smallest absolute Gasteiger partial charge is 0.137 e. The summed E-state index contributed by atoms with van der Waals surface area (Å²) in [6.07, 6.45) is -32.3. The van der Waals surface area contributed by atoms with E-state index in [0.717, 1.165) is 0 Å². The first-order valence-electron chi connectivity index (χ1n) is 17.2. The lowest BCUT2D eigenvalue weighted by atomic mass is 9.85. The molecule has 4 saturated heterocycles. The van der Waals surface area contributed by atoms with E-state index in [1.54, 1.807) is 0 Å². The molecule has 24 nitrogen and oxygen atoms in total. The number of rotatable bonds is 16. The fourth-order valence-electron chi connectivity index (χ4n) is 6.72. The summed E-state index contributed by atoms with van der Waals surface area (Å²) in [6, 6.07) is 0. The quantitative estimate of drug-likeness (QED) is 0.0691. The molecule has 0 aromatic carbocycles. The fraction of sp³-hybridized carbons (Fsp3) is 1.00. The van der Waals surface area contributed by atoms with E-state index in [0.29, 0.717) is 0 Å². The molecule has 0 aliphatic carbocycles. The van der Waals surface area contributed by atoms with Crippen molar-refractivity contribution in [2.45, 2.75) is 123 Å². The topological polar surface area (TPSA) is 409 Å². The average Bonchev–Trinajstić information content (AvgIpc) is 3.16. The molecule has 4 heterocycles. The Morgan fingerprint density at radius 2 is 0.491 bits per heavy atom. The molecule has 4 aliphatic heterocycles. The second-order valence-electron chi connectivity index (χ2n) is 14.0. The number of hydrogen-bond acceptors (Lipinski definition) is 24. The zero-order valence-electron chi connectivity index (χ0n) is 28.5. The van der Waals surface area contributed by atoms with Crippen molar-refractivity contribution >= 4 is 0 Å². The van der Waals surface area contributed by atoms with Crippen molar-refractivity contribution in [2.24, 2.45) is 5.41 Å². The molecule has 53 heavy (non-hydrogen) atoms. The first-order valence-corrected chi connectivity index (χ1v) is 17.2. The molecule has 0 spiro atoms. The van der Waals surface area contributed by atoms with E-state index in [-0.39, 0.29) is 26.2 Å². The van der Waals surface area contributed by atoms with E-state index in [1.807, 2.05) is 0 Å². The normalized spacial score (nSPS) is 47.1. The average molecular weight is 781 g/mol. The second kappa shape index (κ2) is 19.5. The van der Waals surface area contributed by atoms with Crippen molar-refractivity contribution in [3.63, 3.8) is 0 Å². The van der Waals surface area contributed by atoms with Crippen molar-refractivity contribution in [1.29, 1.82) is 0 Å². The molecule has 4 fully saturated rings. The SMILES string of the molecule is OC[C@H]1O[C@H](NCC(CN[C@H]2O[C@H](CO)[C@@H](O)[C@H](O)[C@@H]2O)(CN[C@H]2O[C@H](CO)[C@@H](O)[C@H](O)[C@@H]2O)CN[C@H]2O[C@H](CO)[C@@H](O)[C@H](O)[C@@H]2O)[C@@H](O)[C@@H](O)[C@@H]1O. The van der Waals surface area contributed by atoms with Gasteiger partial charge in [0, 0.05) is 31.6 Å². The van der Waals surface area contributed by atoms with Crippen LogP contribution in [-0.2, 0) is 18.9 Å². The van der Waals surface area contributed by atoms with Crippen LogP contribution < -0.4 is 21.3 Å². The van der Waals surface area contributed by atoms with E-state index >= 15 is 0 Å². The van der Waals surface area contributed by atoms with Gasteiger partial charge in [-0.3, -0.25) is 21.3 Å². The van der Waals surface area contributed by atoms with Gasteiger partial charge in [0.05, 0.1) is 26.4 Å². The summed E-state index contributed by atoms with van der Waals surface area (Å²) >= 11 is 0. The van der Waals surface area contributed by atoms with Gasteiger partial charge >= 0.3 is 0 Å². The summed E-state index contributed by atoms with van der Waals surface area (Å²) in [5.74, 6) is 0. The van der Waals surface area contributed by atoms with Crippen LogP contribution >= 0.6 is 0 Å². The number of aliphatic hydroxyl groups is 16. The van der Waals surface area contributed by atoms with Gasteiger partial charge in [-0.25, -0.2) is 0 Å². The number of aliphatic hydroxyl groups excluding tert-OH is 16. The zero-order valence-corrected chi connectivity index (χ0v) is 28.5. The lowest BCUT2D eigenvalue weighted by Gasteiger charge is -2.46. The molecule has 0 amide bonds. The number of hydrogen-bond donors (Lipinski definition) is 20. The van der Waals surface area contributed by atoms with Crippen molar-refractivity contribution in [2.75, 3.05) is 52.6 Å². The Balaban J connectivity index is 1.67. The van der Waals surface area contributed by atoms with E-state index in [9.17, 15) is 81.7 Å². The van der Waals surface area contributed by atoms with Gasteiger partial charge in [0.2, 0.25) is 0 Å². The van der Waals surface area contributed by atoms with Crippen molar-refractivity contribution in [1.82, 2.24) is 21.3 Å². The third-order valence-corrected chi connectivity index (χ3v) is 10.3. The molecule has 0 aromatic heterocycles. The van der Waals surface area contributed by atoms with Crippen LogP contribution in [0.15, 0.2) is 0 Å². The third kappa shape index (κ3) is 9.96. The van der Waals surface area contributed by atoms with Crippen LogP contribution in [0, 0.1) is 5.41 Å². The Morgan fingerprint density at radius 1 is 0.302 bits per heavy atom. The molecule has 0 saturated carbocycles. The van der Waals surface area contributed by atoms with Gasteiger partial charge in [-0.1, -0.05) is 0 Å². The van der Waals surface area contributed by atoms with Crippen molar-refractivity contribution in [3.05, 3.63) is 0 Å². The maximum Gasteiger partial charge on any atom is 0.137 e. The van der Waals surface area contributed by atoms with E-state index in [2.05, 4.69) is 21.3 Å². The first kappa shape index (κ1) is 44.8. The highest BCUT2D eigenvalue weighted by Crippen LogP contribution is 2.27. The summed E-state index contributed by atoms with van der Waals surface area (Å²) in [5.41, 5.74) is -1.50. The molecule has 20 N–H and O–H groups in total. The number of ether oxygens (including phenoxy) is 4. The van der Waals surface area contributed by atoms with Gasteiger partial charge in [-0.05, 0) is 0 Å². The van der Waals surface area contributed by atoms with E-state index < -0.39 is 154 Å². The van der Waals surface area contributed by atoms with Gasteiger partial charge in [0.15, 0.2) is 0 Å². The lowest BCUT2D eigenvalue weighted by Crippen LogP contribution is -2.69. The maximum absolute atomic E-state index is 10.7. The molecule has 4 rings (SSSR count). The Labute approximate surface area is 302 Å². The first-order chi connectivity index (χ1) is 25.0. The minimum Gasteiger partial charge on any atom is -0.394 e. The van der Waals surface area contributed by atoms with Gasteiger partial charge in [-0.2, -0.15) is 0 Å². The summed E-state index contributed by atoms with van der Waals surface area (Å²) in [7, 11) is 0. The Hall–Kier alpha value is -0.960. The van der Waals surface area contributed by atoms with Crippen LogP contribution in [0.5, 0.6) is 0 Å². The molecule has 0 radical (unpaired) electrons. The third-order valence-electron chi connectivity index (χ3n) is 10.3. The summed E-state index contributed by atoms with van der Waals surface area (Å²) in [4.78, 5) is 0. The molecule has 24 heteroatoms. The van der Waals surface area contributed by atoms with Crippen LogP contribution in [0.3, 0.4) is 0 Å². The molecule has 4 aliphatic rings. The van der Waals surface area contributed by atoms with Crippen molar-refractivity contribution in [3.8, 4) is 0 Å². The predicted octanol–water partition coefficient (Wildman–Crippen LogP) is -12.5.